The van der Waals surface area contributed by atoms with E-state index in [-0.39, 0.29) is 22.4 Å². The average Bonchev–Trinajstić information content (AvgIpc) is 2.92. The van der Waals surface area contributed by atoms with Crippen LogP contribution in [0.1, 0.15) is 11.1 Å². The average molecular weight is 303 g/mol. The van der Waals surface area contributed by atoms with Crippen molar-refractivity contribution in [1.82, 2.24) is 9.38 Å². The molecule has 0 aromatic carbocycles. The van der Waals surface area contributed by atoms with Crippen molar-refractivity contribution in [2.75, 3.05) is 0 Å². The highest BCUT2D eigenvalue weighted by Crippen LogP contribution is 2.35. The molecule has 7 heteroatoms. The largest absolute Gasteiger partial charge is 0.507 e. The first-order valence-corrected chi connectivity index (χ1v) is 6.17. The van der Waals surface area contributed by atoms with Gasteiger partial charge in [0.25, 0.3) is 0 Å². The summed E-state index contributed by atoms with van der Waals surface area (Å²) >= 11 is 0. The number of rotatable bonds is 1. The molecule has 3 aromatic heterocycles. The van der Waals surface area contributed by atoms with Gasteiger partial charge in [-0.3, -0.25) is 4.98 Å². The van der Waals surface area contributed by atoms with E-state index >= 15 is 0 Å². The zero-order valence-electron chi connectivity index (χ0n) is 11.0. The summed E-state index contributed by atoms with van der Waals surface area (Å²) in [6.45, 7) is 0. The Kier molecular flexibility index (Phi) is 3.03. The molecule has 0 fully saturated rings. The van der Waals surface area contributed by atoms with Crippen LogP contribution in [-0.2, 0) is 6.18 Å². The van der Waals surface area contributed by atoms with Crippen molar-refractivity contribution in [2.45, 2.75) is 6.18 Å². The van der Waals surface area contributed by atoms with Crippen LogP contribution in [0.3, 0.4) is 0 Å². The van der Waals surface area contributed by atoms with E-state index in [1.165, 1.54) is 35.0 Å². The van der Waals surface area contributed by atoms with Gasteiger partial charge in [-0.05, 0) is 24.3 Å². The highest BCUT2D eigenvalue weighted by molar-refractivity contribution is 5.74. The molecule has 0 unspecified atom stereocenters. The van der Waals surface area contributed by atoms with E-state index in [0.717, 1.165) is 12.3 Å². The van der Waals surface area contributed by atoms with Crippen LogP contribution in [-0.4, -0.2) is 14.5 Å². The van der Waals surface area contributed by atoms with E-state index < -0.39 is 11.7 Å². The summed E-state index contributed by atoms with van der Waals surface area (Å²) in [5, 5.41) is 18.9. The highest BCUT2D eigenvalue weighted by Gasteiger charge is 2.32. The Morgan fingerprint density at radius 2 is 2.00 bits per heavy atom. The van der Waals surface area contributed by atoms with Gasteiger partial charge in [0, 0.05) is 18.6 Å². The van der Waals surface area contributed by atoms with Gasteiger partial charge in [0.1, 0.15) is 11.8 Å². The molecule has 0 amide bonds. The van der Waals surface area contributed by atoms with Gasteiger partial charge < -0.3 is 9.51 Å². The second-order valence-corrected chi connectivity index (χ2v) is 4.62. The second kappa shape index (κ2) is 4.77. The van der Waals surface area contributed by atoms with Gasteiger partial charge in [0.05, 0.1) is 27.9 Å². The van der Waals surface area contributed by atoms with Gasteiger partial charge in [-0.25, -0.2) is 0 Å². The monoisotopic (exact) mass is 303 g/mol. The summed E-state index contributed by atoms with van der Waals surface area (Å²) in [5.41, 5.74) is -0.0329. The lowest BCUT2D eigenvalue weighted by Crippen LogP contribution is -2.02. The molecule has 0 aliphatic carbocycles. The number of nitriles is 1. The molecule has 0 spiro atoms. The van der Waals surface area contributed by atoms with Crippen molar-refractivity contribution in [1.29, 1.82) is 5.26 Å². The van der Waals surface area contributed by atoms with Crippen LogP contribution < -0.4 is 0 Å². The number of fused-ring (bicyclic) bond motifs is 1. The first kappa shape index (κ1) is 13.9. The third kappa shape index (κ3) is 2.15. The number of alkyl halides is 3. The van der Waals surface area contributed by atoms with E-state index in [9.17, 15) is 18.3 Å². The fourth-order valence-electron chi connectivity index (χ4n) is 2.25. The summed E-state index contributed by atoms with van der Waals surface area (Å²) in [5.74, 6) is -0.108. The maximum atomic E-state index is 12.9. The molecule has 0 aliphatic heterocycles. The van der Waals surface area contributed by atoms with Crippen LogP contribution in [0.2, 0.25) is 0 Å². The standard InChI is InChI=1S/C15H8F3N3O/c16-15(17,18)10-5-13-9(6-19)1-2-12(21(13)8-10)11-7-20-4-3-14(11)22/h1-5,7-8H,(H,20,22). The van der Waals surface area contributed by atoms with Crippen LogP contribution in [0, 0.1) is 11.3 Å². The summed E-state index contributed by atoms with van der Waals surface area (Å²) in [6.07, 6.45) is -0.898. The van der Waals surface area contributed by atoms with Gasteiger partial charge in [-0.1, -0.05) is 0 Å². The van der Waals surface area contributed by atoms with E-state index in [1.807, 2.05) is 6.07 Å². The maximum absolute atomic E-state index is 12.9. The van der Waals surface area contributed by atoms with Crippen molar-refractivity contribution < 1.29 is 18.3 Å². The van der Waals surface area contributed by atoms with Gasteiger partial charge in [-0.15, -0.1) is 0 Å². The number of halogens is 3. The van der Waals surface area contributed by atoms with E-state index in [4.69, 9.17) is 5.26 Å². The second-order valence-electron chi connectivity index (χ2n) is 4.62. The van der Waals surface area contributed by atoms with Crippen LogP contribution in [0.15, 0.2) is 42.9 Å². The number of hydrogen-bond donors (Lipinski definition) is 1. The number of nitrogens with zero attached hydrogens (tertiary/aromatic N) is 3. The van der Waals surface area contributed by atoms with Gasteiger partial charge >= 0.3 is 6.18 Å². The van der Waals surface area contributed by atoms with Crippen LogP contribution in [0.4, 0.5) is 13.2 Å². The number of aromatic nitrogens is 2. The van der Waals surface area contributed by atoms with Crippen LogP contribution >= 0.6 is 0 Å². The molecular weight excluding hydrogens is 295 g/mol. The number of aromatic hydroxyl groups is 1. The molecule has 0 bridgehead atoms. The molecule has 0 saturated carbocycles. The summed E-state index contributed by atoms with van der Waals surface area (Å²) in [6, 6.07) is 7.00. The Bertz CT molecular complexity index is 907. The molecule has 3 heterocycles. The Hall–Kier alpha value is -3.01. The first-order chi connectivity index (χ1) is 10.4. The highest BCUT2D eigenvalue weighted by atomic mass is 19.4. The summed E-state index contributed by atoms with van der Waals surface area (Å²) < 4.78 is 40.0. The topological polar surface area (TPSA) is 61.3 Å². The predicted molar refractivity (Wildman–Crippen MR) is 72.0 cm³/mol. The minimum atomic E-state index is -4.52. The van der Waals surface area contributed by atoms with Gasteiger partial charge in [0.15, 0.2) is 0 Å². The lowest BCUT2D eigenvalue weighted by molar-refractivity contribution is -0.137. The molecule has 4 nitrogen and oxygen atoms in total. The minimum absolute atomic E-state index is 0.108. The van der Waals surface area contributed by atoms with Gasteiger partial charge in [-0.2, -0.15) is 18.4 Å². The normalized spacial score (nSPS) is 11.5. The first-order valence-electron chi connectivity index (χ1n) is 6.17. The number of pyridine rings is 2. The Labute approximate surface area is 122 Å². The molecule has 0 saturated heterocycles. The predicted octanol–water partition coefficient (Wildman–Crippen LogP) is 3.60. The third-order valence-corrected chi connectivity index (χ3v) is 3.29. The zero-order valence-corrected chi connectivity index (χ0v) is 11.0. The lowest BCUT2D eigenvalue weighted by atomic mass is 10.1. The molecule has 0 aliphatic rings. The van der Waals surface area contributed by atoms with Crippen molar-refractivity contribution in [3.05, 3.63) is 54.0 Å². The van der Waals surface area contributed by atoms with Crippen molar-refractivity contribution in [3.8, 4) is 23.1 Å². The van der Waals surface area contributed by atoms with Crippen molar-refractivity contribution in [2.24, 2.45) is 0 Å². The van der Waals surface area contributed by atoms with E-state index in [2.05, 4.69) is 4.98 Å². The zero-order chi connectivity index (χ0) is 15.9. The number of hydrogen-bond acceptors (Lipinski definition) is 3. The fourth-order valence-corrected chi connectivity index (χ4v) is 2.25. The van der Waals surface area contributed by atoms with Crippen LogP contribution in [0.25, 0.3) is 16.8 Å². The third-order valence-electron chi connectivity index (χ3n) is 3.29. The molecule has 22 heavy (non-hydrogen) atoms. The van der Waals surface area contributed by atoms with E-state index in [1.54, 1.807) is 0 Å². The summed E-state index contributed by atoms with van der Waals surface area (Å²) in [4.78, 5) is 3.87. The smallest absolute Gasteiger partial charge is 0.417 e. The Balaban J connectivity index is 2.36. The molecular formula is C15H8F3N3O. The molecule has 3 rings (SSSR count). The Morgan fingerprint density at radius 1 is 1.23 bits per heavy atom. The quantitative estimate of drug-likeness (QED) is 0.747. The van der Waals surface area contributed by atoms with Crippen LogP contribution in [0.5, 0.6) is 5.75 Å². The van der Waals surface area contributed by atoms with Crippen molar-refractivity contribution in [3.63, 3.8) is 0 Å². The maximum Gasteiger partial charge on any atom is 0.417 e. The Morgan fingerprint density at radius 3 is 2.64 bits per heavy atom. The molecule has 110 valence electrons. The fraction of sp³-hybridized carbons (Fsp3) is 0.0667. The minimum Gasteiger partial charge on any atom is -0.507 e. The SMILES string of the molecule is N#Cc1ccc(-c2cnccc2O)n2cc(C(F)(F)F)cc12. The summed E-state index contributed by atoms with van der Waals surface area (Å²) in [7, 11) is 0. The molecule has 3 aromatic rings. The van der Waals surface area contributed by atoms with E-state index in [0.29, 0.717) is 5.69 Å². The van der Waals surface area contributed by atoms with Gasteiger partial charge in [0.2, 0.25) is 0 Å². The molecule has 1 N–H and O–H groups in total. The molecule has 0 radical (unpaired) electrons. The molecule has 0 atom stereocenters. The lowest BCUT2D eigenvalue weighted by Gasteiger charge is -2.08. The van der Waals surface area contributed by atoms with Crippen molar-refractivity contribution >= 4 is 5.52 Å².